The molecular formula is C24H37NO5. The first kappa shape index (κ1) is 21.8. The van der Waals surface area contributed by atoms with Gasteiger partial charge in [0.05, 0.1) is 11.8 Å². The molecule has 3 fully saturated rings. The average molecular weight is 420 g/mol. The van der Waals surface area contributed by atoms with Gasteiger partial charge in [-0.1, -0.05) is 30.7 Å². The smallest absolute Gasteiger partial charge is 0.302 e. The van der Waals surface area contributed by atoms with E-state index < -0.39 is 11.7 Å². The molecule has 8 atom stereocenters. The minimum Gasteiger partial charge on any atom is -0.462 e. The number of oxime groups is 1. The highest BCUT2D eigenvalue weighted by atomic mass is 16.5. The summed E-state index contributed by atoms with van der Waals surface area (Å²) in [7, 11) is 1.63. The molecule has 0 heterocycles. The highest BCUT2D eigenvalue weighted by molar-refractivity contribution is 5.92. The van der Waals surface area contributed by atoms with E-state index in [0.29, 0.717) is 29.9 Å². The number of carbonyl (C=O) groups is 1. The third-order valence-electron chi connectivity index (χ3n) is 9.59. The van der Waals surface area contributed by atoms with Crippen molar-refractivity contribution in [3.8, 4) is 0 Å². The fourth-order valence-electron chi connectivity index (χ4n) is 8.21. The molecule has 0 aromatic carbocycles. The molecule has 0 bridgehead atoms. The summed E-state index contributed by atoms with van der Waals surface area (Å²) in [5, 5.41) is 24.2. The monoisotopic (exact) mass is 419 g/mol. The van der Waals surface area contributed by atoms with Gasteiger partial charge in [-0.3, -0.25) is 4.79 Å². The quantitative estimate of drug-likeness (QED) is 0.236. The van der Waals surface area contributed by atoms with Gasteiger partial charge in [-0.15, -0.1) is 0 Å². The van der Waals surface area contributed by atoms with Gasteiger partial charge in [0.1, 0.15) is 11.7 Å². The van der Waals surface area contributed by atoms with Crippen molar-refractivity contribution in [3.63, 3.8) is 0 Å². The van der Waals surface area contributed by atoms with Crippen molar-refractivity contribution in [3.05, 3.63) is 11.6 Å². The number of rotatable bonds is 3. The van der Waals surface area contributed by atoms with E-state index in [2.05, 4.69) is 25.1 Å². The molecule has 0 radical (unpaired) electrons. The fourth-order valence-corrected chi connectivity index (χ4v) is 8.21. The number of hydrogen-bond donors (Lipinski definition) is 2. The molecule has 0 unspecified atom stereocenters. The van der Waals surface area contributed by atoms with Gasteiger partial charge in [0.15, 0.2) is 0 Å². The first-order valence-corrected chi connectivity index (χ1v) is 11.4. The molecular weight excluding hydrogens is 382 g/mol. The van der Waals surface area contributed by atoms with Gasteiger partial charge >= 0.3 is 5.97 Å². The van der Waals surface area contributed by atoms with Crippen molar-refractivity contribution < 1.29 is 24.6 Å². The number of methoxy groups -OCH3 is 1. The lowest BCUT2D eigenvalue weighted by atomic mass is 9.46. The minimum absolute atomic E-state index is 0.00471. The Hall–Kier alpha value is -1.40. The maximum atomic E-state index is 11.4. The van der Waals surface area contributed by atoms with E-state index in [-0.39, 0.29) is 22.9 Å². The number of hydrogen-bond acceptors (Lipinski definition) is 6. The maximum absolute atomic E-state index is 11.4. The zero-order chi connectivity index (χ0) is 21.9. The summed E-state index contributed by atoms with van der Waals surface area (Å²) in [5.74, 6) is 1.15. The molecule has 4 aliphatic carbocycles. The minimum atomic E-state index is -0.935. The number of aliphatic hydroxyl groups is 1. The van der Waals surface area contributed by atoms with E-state index in [1.165, 1.54) is 12.5 Å². The van der Waals surface area contributed by atoms with Crippen LogP contribution >= 0.6 is 0 Å². The number of ether oxygens (including phenoxy) is 2. The first-order valence-electron chi connectivity index (χ1n) is 11.4. The highest BCUT2D eigenvalue weighted by Crippen LogP contribution is 2.68. The van der Waals surface area contributed by atoms with Crippen LogP contribution in [0.4, 0.5) is 0 Å². The fraction of sp³-hybridized carbons (Fsp3) is 0.833. The van der Waals surface area contributed by atoms with Crippen molar-refractivity contribution in [2.75, 3.05) is 7.11 Å². The van der Waals surface area contributed by atoms with Crippen LogP contribution in [-0.4, -0.2) is 46.9 Å². The Morgan fingerprint density at radius 3 is 2.57 bits per heavy atom. The molecule has 168 valence electrons. The molecule has 0 spiro atoms. The summed E-state index contributed by atoms with van der Waals surface area (Å²) < 4.78 is 11.5. The summed E-state index contributed by atoms with van der Waals surface area (Å²) in [6.45, 7) is 7.88. The number of fused-ring (bicyclic) bond motifs is 5. The lowest BCUT2D eigenvalue weighted by molar-refractivity contribution is -0.149. The van der Waals surface area contributed by atoms with Gasteiger partial charge in [0.2, 0.25) is 0 Å². The second-order valence-corrected chi connectivity index (χ2v) is 10.6. The van der Waals surface area contributed by atoms with Crippen LogP contribution in [0, 0.1) is 28.6 Å². The predicted octanol–water partition coefficient (Wildman–Crippen LogP) is 4.09. The second-order valence-electron chi connectivity index (χ2n) is 10.6. The van der Waals surface area contributed by atoms with Crippen LogP contribution in [0.2, 0.25) is 0 Å². The van der Waals surface area contributed by atoms with Crippen LogP contribution in [0.15, 0.2) is 16.8 Å². The molecule has 0 saturated heterocycles. The van der Waals surface area contributed by atoms with Gasteiger partial charge < -0.3 is 19.8 Å². The van der Waals surface area contributed by atoms with Crippen LogP contribution in [0.5, 0.6) is 0 Å². The lowest BCUT2D eigenvalue weighted by Crippen LogP contribution is -2.60. The van der Waals surface area contributed by atoms with E-state index in [9.17, 15) is 15.1 Å². The van der Waals surface area contributed by atoms with E-state index in [4.69, 9.17) is 9.47 Å². The van der Waals surface area contributed by atoms with Gasteiger partial charge in [0, 0.05) is 25.9 Å². The van der Waals surface area contributed by atoms with E-state index in [1.54, 1.807) is 14.0 Å². The Kier molecular flexibility index (Phi) is 5.33. The van der Waals surface area contributed by atoms with E-state index >= 15 is 0 Å². The van der Waals surface area contributed by atoms with Gasteiger partial charge in [-0.05, 0) is 68.6 Å². The number of allylic oxidation sites excluding steroid dienone is 1. The SMILES string of the molecule is CO[C@]1(/C(C)=N\O)[C@H](O)C[C@@H]2[C@@H]3CC=C4C[C@@H](OC(C)=O)CC[C@]4(C)[C@H]3CC[C@@]21C. The van der Waals surface area contributed by atoms with Crippen LogP contribution in [0.25, 0.3) is 0 Å². The molecule has 30 heavy (non-hydrogen) atoms. The first-order chi connectivity index (χ1) is 14.1. The summed E-state index contributed by atoms with van der Waals surface area (Å²) in [6, 6.07) is 0. The van der Waals surface area contributed by atoms with Gasteiger partial charge in [-0.25, -0.2) is 0 Å². The zero-order valence-corrected chi connectivity index (χ0v) is 19.0. The Balaban J connectivity index is 1.66. The molecule has 4 aliphatic rings. The summed E-state index contributed by atoms with van der Waals surface area (Å²) in [4.78, 5) is 11.4. The van der Waals surface area contributed by atoms with Crippen LogP contribution in [-0.2, 0) is 14.3 Å². The van der Waals surface area contributed by atoms with Crippen molar-refractivity contribution in [2.45, 2.75) is 90.4 Å². The Labute approximate surface area is 179 Å². The average Bonchev–Trinajstić information content (AvgIpc) is 2.94. The van der Waals surface area contributed by atoms with Crippen molar-refractivity contribution in [1.82, 2.24) is 0 Å². The molecule has 0 aromatic rings. The van der Waals surface area contributed by atoms with Crippen molar-refractivity contribution >= 4 is 11.7 Å². The molecule has 2 N–H and O–H groups in total. The molecule has 0 amide bonds. The summed E-state index contributed by atoms with van der Waals surface area (Å²) in [6.07, 6.45) is 8.20. The molecule has 0 aromatic heterocycles. The largest absolute Gasteiger partial charge is 0.462 e. The van der Waals surface area contributed by atoms with E-state index in [0.717, 1.165) is 38.5 Å². The Morgan fingerprint density at radius 1 is 1.20 bits per heavy atom. The Morgan fingerprint density at radius 2 is 1.93 bits per heavy atom. The standard InChI is InChI=1S/C24H37NO5/c1-14(25-28)24(29-5)21(27)13-20-18-7-6-16-12-17(30-15(2)26)8-10-22(16,3)19(18)9-11-23(20,24)4/h6,17-21,27-28H,7-13H2,1-5H3/b25-14-/t17-,18+,19-,20+,21+,22-,23-,24+/m0/s1. The number of aliphatic hydroxyl groups excluding tert-OH is 1. The molecule has 3 saturated carbocycles. The number of esters is 1. The van der Waals surface area contributed by atoms with Gasteiger partial charge in [0.25, 0.3) is 0 Å². The van der Waals surface area contributed by atoms with E-state index in [1.807, 2.05) is 0 Å². The highest BCUT2D eigenvalue weighted by Gasteiger charge is 2.69. The lowest BCUT2D eigenvalue weighted by Gasteiger charge is -2.59. The van der Waals surface area contributed by atoms with Crippen LogP contribution < -0.4 is 0 Å². The zero-order valence-electron chi connectivity index (χ0n) is 19.0. The molecule has 0 aliphatic heterocycles. The third-order valence-corrected chi connectivity index (χ3v) is 9.59. The topological polar surface area (TPSA) is 88.3 Å². The van der Waals surface area contributed by atoms with Crippen LogP contribution in [0.1, 0.15) is 72.6 Å². The Bertz CT molecular complexity index is 778. The number of nitrogens with zero attached hydrogens (tertiary/aromatic N) is 1. The number of carbonyl (C=O) groups excluding carboxylic acids is 1. The maximum Gasteiger partial charge on any atom is 0.302 e. The summed E-state index contributed by atoms with van der Waals surface area (Å²) >= 11 is 0. The van der Waals surface area contributed by atoms with Crippen molar-refractivity contribution in [2.24, 2.45) is 33.7 Å². The normalized spacial score (nSPS) is 48.3. The van der Waals surface area contributed by atoms with Gasteiger partial charge in [-0.2, -0.15) is 0 Å². The molecule has 6 nitrogen and oxygen atoms in total. The molecule has 6 heteroatoms. The van der Waals surface area contributed by atoms with Crippen LogP contribution in [0.3, 0.4) is 0 Å². The van der Waals surface area contributed by atoms with Crippen molar-refractivity contribution in [1.29, 1.82) is 0 Å². The predicted molar refractivity (Wildman–Crippen MR) is 113 cm³/mol. The molecule has 4 rings (SSSR count). The second kappa shape index (κ2) is 7.33. The third kappa shape index (κ3) is 2.75. The summed E-state index contributed by atoms with van der Waals surface area (Å²) in [5.41, 5.74) is 0.852.